The number of aromatic nitrogens is 3. The number of H-pyrrole nitrogens is 1. The van der Waals surface area contributed by atoms with E-state index in [1.807, 2.05) is 0 Å². The van der Waals surface area contributed by atoms with Crippen molar-refractivity contribution in [2.75, 3.05) is 11.1 Å². The summed E-state index contributed by atoms with van der Waals surface area (Å²) in [7, 11) is 0. The van der Waals surface area contributed by atoms with Crippen LogP contribution in [0.4, 0.5) is 11.9 Å². The lowest BCUT2D eigenvalue weighted by Crippen LogP contribution is -2.08. The number of aryl methyl sites for hydroxylation is 1. The molecule has 0 aliphatic heterocycles. The number of hydrogen-bond acceptors (Lipinski definition) is 4. The molecule has 1 atom stereocenters. The number of anilines is 2. The molecule has 0 radical (unpaired) electrons. The number of nitrogens with one attached hydrogen (secondary N) is 2. The van der Waals surface area contributed by atoms with Gasteiger partial charge >= 0.3 is 0 Å². The smallest absolute Gasteiger partial charge is 0.244 e. The fourth-order valence-corrected chi connectivity index (χ4v) is 2.20. The van der Waals surface area contributed by atoms with Crippen LogP contribution in [0.3, 0.4) is 0 Å². The molecule has 0 saturated heterocycles. The second-order valence-corrected chi connectivity index (χ2v) is 3.98. The molecule has 3 rings (SSSR count). The van der Waals surface area contributed by atoms with Crippen LogP contribution >= 0.6 is 0 Å². The van der Waals surface area contributed by atoms with Crippen LogP contribution < -0.4 is 11.1 Å². The number of nitrogens with two attached hydrogens (primary N) is 1. The molecule has 82 valence electrons. The van der Waals surface area contributed by atoms with E-state index in [0.717, 1.165) is 12.8 Å². The number of hydrogen-bond donors (Lipinski definition) is 3. The molecule has 1 aromatic heterocycles. The quantitative estimate of drug-likeness (QED) is 0.709. The molecule has 0 bridgehead atoms. The minimum absolute atomic E-state index is 0.298. The van der Waals surface area contributed by atoms with Gasteiger partial charge in [0, 0.05) is 0 Å². The van der Waals surface area contributed by atoms with Crippen molar-refractivity contribution in [1.29, 1.82) is 0 Å². The van der Waals surface area contributed by atoms with Crippen LogP contribution in [0.1, 0.15) is 23.6 Å². The normalized spacial score (nSPS) is 18.4. The molecular formula is C11H13N5. The zero-order valence-electron chi connectivity index (χ0n) is 8.77. The van der Waals surface area contributed by atoms with Gasteiger partial charge in [-0.25, -0.2) is 5.10 Å². The molecule has 16 heavy (non-hydrogen) atoms. The number of fused-ring (bicyclic) bond motifs is 1. The van der Waals surface area contributed by atoms with Gasteiger partial charge in [0.25, 0.3) is 0 Å². The van der Waals surface area contributed by atoms with E-state index in [0.29, 0.717) is 17.9 Å². The summed E-state index contributed by atoms with van der Waals surface area (Å²) in [6.45, 7) is 0. The van der Waals surface area contributed by atoms with Gasteiger partial charge in [0.1, 0.15) is 0 Å². The summed E-state index contributed by atoms with van der Waals surface area (Å²) in [6, 6.07) is 8.75. The first-order valence-corrected chi connectivity index (χ1v) is 5.35. The fourth-order valence-electron chi connectivity index (χ4n) is 2.20. The maximum atomic E-state index is 5.48. The first-order valence-electron chi connectivity index (χ1n) is 5.35. The SMILES string of the molecule is Nc1nc(N[C@H]2CCc3ccccc32)n[nH]1. The van der Waals surface area contributed by atoms with E-state index < -0.39 is 0 Å². The number of aromatic amines is 1. The second-order valence-electron chi connectivity index (χ2n) is 3.98. The van der Waals surface area contributed by atoms with Crippen molar-refractivity contribution in [3.05, 3.63) is 35.4 Å². The maximum absolute atomic E-state index is 5.48. The Labute approximate surface area is 93.1 Å². The molecule has 1 aromatic carbocycles. The highest BCUT2D eigenvalue weighted by Gasteiger charge is 2.22. The molecule has 0 saturated carbocycles. The van der Waals surface area contributed by atoms with E-state index >= 15 is 0 Å². The van der Waals surface area contributed by atoms with Crippen LogP contribution in [-0.2, 0) is 6.42 Å². The number of nitrogens with zero attached hydrogens (tertiary/aromatic N) is 2. The number of nitrogen functional groups attached to an aromatic ring is 1. The first kappa shape index (κ1) is 9.21. The predicted octanol–water partition coefficient (Wildman–Crippen LogP) is 1.49. The van der Waals surface area contributed by atoms with Crippen LogP contribution in [0.2, 0.25) is 0 Å². The van der Waals surface area contributed by atoms with Crippen LogP contribution in [0.5, 0.6) is 0 Å². The standard InChI is InChI=1S/C11H13N5/c12-10-14-11(16-15-10)13-9-6-5-7-3-1-2-4-8(7)9/h1-4,9H,5-6H2,(H4,12,13,14,15,16)/t9-/m0/s1. The van der Waals surface area contributed by atoms with E-state index in [-0.39, 0.29) is 0 Å². The van der Waals surface area contributed by atoms with Crippen LogP contribution in [0.15, 0.2) is 24.3 Å². The highest BCUT2D eigenvalue weighted by atomic mass is 15.3. The zero-order valence-corrected chi connectivity index (χ0v) is 8.77. The van der Waals surface area contributed by atoms with Crippen molar-refractivity contribution in [3.63, 3.8) is 0 Å². The number of rotatable bonds is 2. The van der Waals surface area contributed by atoms with E-state index in [4.69, 9.17) is 5.73 Å². The predicted molar refractivity (Wildman–Crippen MR) is 61.9 cm³/mol. The lowest BCUT2D eigenvalue weighted by atomic mass is 10.1. The molecule has 0 spiro atoms. The molecule has 0 amide bonds. The average molecular weight is 215 g/mol. The third-order valence-corrected chi connectivity index (χ3v) is 2.94. The van der Waals surface area contributed by atoms with E-state index in [9.17, 15) is 0 Å². The molecule has 5 nitrogen and oxygen atoms in total. The third kappa shape index (κ3) is 1.50. The molecule has 0 fully saturated rings. The number of benzene rings is 1. The van der Waals surface area contributed by atoms with Gasteiger partial charge < -0.3 is 11.1 Å². The molecule has 5 heteroatoms. The fraction of sp³-hybridized carbons (Fsp3) is 0.273. The Hall–Kier alpha value is -2.04. The largest absolute Gasteiger partial charge is 0.368 e. The highest BCUT2D eigenvalue weighted by Crippen LogP contribution is 2.32. The zero-order chi connectivity index (χ0) is 11.0. The first-order chi connectivity index (χ1) is 7.83. The summed E-state index contributed by atoms with van der Waals surface area (Å²) in [4.78, 5) is 4.05. The van der Waals surface area contributed by atoms with Crippen molar-refractivity contribution in [1.82, 2.24) is 15.2 Å². The Morgan fingerprint density at radius 3 is 3.06 bits per heavy atom. The van der Waals surface area contributed by atoms with Crippen molar-refractivity contribution >= 4 is 11.9 Å². The molecule has 1 aliphatic carbocycles. The van der Waals surface area contributed by atoms with Crippen molar-refractivity contribution in [2.45, 2.75) is 18.9 Å². The van der Waals surface area contributed by atoms with Gasteiger partial charge in [0.15, 0.2) is 0 Å². The highest BCUT2D eigenvalue weighted by molar-refractivity contribution is 5.41. The van der Waals surface area contributed by atoms with Crippen molar-refractivity contribution in [3.8, 4) is 0 Å². The molecule has 1 aliphatic rings. The average Bonchev–Trinajstić information content (AvgIpc) is 2.87. The Morgan fingerprint density at radius 1 is 1.38 bits per heavy atom. The van der Waals surface area contributed by atoms with Crippen LogP contribution in [0.25, 0.3) is 0 Å². The van der Waals surface area contributed by atoms with Gasteiger partial charge in [-0.15, -0.1) is 5.10 Å². The van der Waals surface area contributed by atoms with Gasteiger partial charge in [-0.2, -0.15) is 4.98 Å². The van der Waals surface area contributed by atoms with Crippen LogP contribution in [-0.4, -0.2) is 15.2 Å². The monoisotopic (exact) mass is 215 g/mol. The van der Waals surface area contributed by atoms with Gasteiger partial charge in [-0.1, -0.05) is 24.3 Å². The Bertz CT molecular complexity index is 505. The molecular weight excluding hydrogens is 202 g/mol. The van der Waals surface area contributed by atoms with E-state index in [1.54, 1.807) is 0 Å². The summed E-state index contributed by atoms with van der Waals surface area (Å²) in [5.74, 6) is 0.910. The van der Waals surface area contributed by atoms with Gasteiger partial charge in [-0.3, -0.25) is 0 Å². The van der Waals surface area contributed by atoms with E-state index in [1.165, 1.54) is 11.1 Å². The Morgan fingerprint density at radius 2 is 2.25 bits per heavy atom. The van der Waals surface area contributed by atoms with E-state index in [2.05, 4.69) is 44.8 Å². The Balaban J connectivity index is 1.83. The third-order valence-electron chi connectivity index (χ3n) is 2.94. The molecule has 2 aromatic rings. The lowest BCUT2D eigenvalue weighted by Gasteiger charge is -2.11. The van der Waals surface area contributed by atoms with Crippen molar-refractivity contribution < 1.29 is 0 Å². The van der Waals surface area contributed by atoms with Gasteiger partial charge in [-0.05, 0) is 24.0 Å². The maximum Gasteiger partial charge on any atom is 0.244 e. The summed E-state index contributed by atoms with van der Waals surface area (Å²) in [5, 5.41) is 9.89. The minimum Gasteiger partial charge on any atom is -0.368 e. The topological polar surface area (TPSA) is 79.6 Å². The summed E-state index contributed by atoms with van der Waals surface area (Å²) < 4.78 is 0. The second kappa shape index (κ2) is 3.52. The molecule has 4 N–H and O–H groups in total. The summed E-state index contributed by atoms with van der Waals surface area (Å²) in [5.41, 5.74) is 8.22. The summed E-state index contributed by atoms with van der Waals surface area (Å²) >= 11 is 0. The summed E-state index contributed by atoms with van der Waals surface area (Å²) in [6.07, 6.45) is 2.18. The lowest BCUT2D eigenvalue weighted by molar-refractivity contribution is 0.752. The van der Waals surface area contributed by atoms with Gasteiger partial charge in [0.2, 0.25) is 11.9 Å². The van der Waals surface area contributed by atoms with Gasteiger partial charge in [0.05, 0.1) is 6.04 Å². The minimum atomic E-state index is 0.298. The molecule has 0 unspecified atom stereocenters. The van der Waals surface area contributed by atoms with Crippen LogP contribution in [0, 0.1) is 0 Å². The Kier molecular flexibility index (Phi) is 2.02. The molecule has 1 heterocycles. The van der Waals surface area contributed by atoms with Crippen molar-refractivity contribution in [2.24, 2.45) is 0 Å².